The number of hydrogen-bond acceptors (Lipinski definition) is 3. The van der Waals surface area contributed by atoms with Gasteiger partial charge in [-0.25, -0.2) is 0 Å². The van der Waals surface area contributed by atoms with E-state index in [2.05, 4.69) is 11.9 Å². The van der Waals surface area contributed by atoms with Crippen LogP contribution in [0.5, 0.6) is 0 Å². The molecule has 0 aliphatic carbocycles. The SMILES string of the molecule is CN1CCC(N(CC(=O)O)c2ccccc2)CC1. The van der Waals surface area contributed by atoms with Gasteiger partial charge in [0, 0.05) is 11.7 Å². The van der Waals surface area contributed by atoms with Crippen LogP contribution in [0.25, 0.3) is 0 Å². The number of likely N-dealkylation sites (tertiary alicyclic amines) is 1. The fourth-order valence-electron chi connectivity index (χ4n) is 2.50. The van der Waals surface area contributed by atoms with E-state index in [0.717, 1.165) is 31.6 Å². The Bertz CT molecular complexity index is 386. The van der Waals surface area contributed by atoms with E-state index in [-0.39, 0.29) is 6.54 Å². The molecule has 4 nitrogen and oxygen atoms in total. The molecule has 0 bridgehead atoms. The Morgan fingerprint density at radius 3 is 2.50 bits per heavy atom. The second-order valence-corrected chi connectivity index (χ2v) is 4.89. The first-order chi connectivity index (χ1) is 8.66. The Labute approximate surface area is 108 Å². The van der Waals surface area contributed by atoms with Gasteiger partial charge in [0.1, 0.15) is 6.54 Å². The van der Waals surface area contributed by atoms with Crippen LogP contribution in [0, 0.1) is 0 Å². The topological polar surface area (TPSA) is 43.8 Å². The fraction of sp³-hybridized carbons (Fsp3) is 0.500. The summed E-state index contributed by atoms with van der Waals surface area (Å²) < 4.78 is 0. The van der Waals surface area contributed by atoms with Gasteiger partial charge < -0.3 is 14.9 Å². The van der Waals surface area contributed by atoms with Gasteiger partial charge in [0.05, 0.1) is 0 Å². The largest absolute Gasteiger partial charge is 0.480 e. The van der Waals surface area contributed by atoms with Crippen LogP contribution in [0.3, 0.4) is 0 Å². The average molecular weight is 248 g/mol. The van der Waals surface area contributed by atoms with Crippen molar-refractivity contribution in [3.8, 4) is 0 Å². The minimum atomic E-state index is -0.766. The van der Waals surface area contributed by atoms with Crippen LogP contribution in [0.2, 0.25) is 0 Å². The van der Waals surface area contributed by atoms with Crippen LogP contribution in [-0.4, -0.2) is 48.7 Å². The summed E-state index contributed by atoms with van der Waals surface area (Å²) in [5.74, 6) is -0.766. The van der Waals surface area contributed by atoms with E-state index in [1.807, 2.05) is 35.2 Å². The van der Waals surface area contributed by atoms with Crippen molar-refractivity contribution in [2.24, 2.45) is 0 Å². The summed E-state index contributed by atoms with van der Waals surface area (Å²) in [6.45, 7) is 2.15. The van der Waals surface area contributed by atoms with Crippen molar-refractivity contribution in [1.82, 2.24) is 4.90 Å². The Morgan fingerprint density at radius 1 is 1.33 bits per heavy atom. The lowest BCUT2D eigenvalue weighted by atomic mass is 10.0. The van der Waals surface area contributed by atoms with Gasteiger partial charge in [-0.15, -0.1) is 0 Å². The molecule has 2 rings (SSSR count). The quantitative estimate of drug-likeness (QED) is 0.880. The summed E-state index contributed by atoms with van der Waals surface area (Å²) in [6.07, 6.45) is 2.05. The van der Waals surface area contributed by atoms with Crippen molar-refractivity contribution in [3.05, 3.63) is 30.3 Å². The Kier molecular flexibility index (Phi) is 4.20. The minimum absolute atomic E-state index is 0.0817. The molecule has 1 saturated heterocycles. The summed E-state index contributed by atoms with van der Waals surface area (Å²) in [4.78, 5) is 15.4. The molecule has 18 heavy (non-hydrogen) atoms. The zero-order valence-electron chi connectivity index (χ0n) is 10.7. The number of carboxylic acids is 1. The molecule has 1 aromatic carbocycles. The zero-order chi connectivity index (χ0) is 13.0. The van der Waals surface area contributed by atoms with E-state index in [1.165, 1.54) is 0 Å². The maximum Gasteiger partial charge on any atom is 0.323 e. The van der Waals surface area contributed by atoms with E-state index >= 15 is 0 Å². The minimum Gasteiger partial charge on any atom is -0.480 e. The van der Waals surface area contributed by atoms with E-state index < -0.39 is 5.97 Å². The summed E-state index contributed by atoms with van der Waals surface area (Å²) in [5.41, 5.74) is 1.01. The third-order valence-corrected chi connectivity index (χ3v) is 3.52. The fourth-order valence-corrected chi connectivity index (χ4v) is 2.50. The first-order valence-electron chi connectivity index (χ1n) is 6.39. The smallest absolute Gasteiger partial charge is 0.323 e. The van der Waals surface area contributed by atoms with Crippen LogP contribution in [0.4, 0.5) is 5.69 Å². The molecule has 98 valence electrons. The highest BCUT2D eigenvalue weighted by molar-refractivity contribution is 5.74. The molecule has 0 radical (unpaired) electrons. The first kappa shape index (κ1) is 12.9. The Hall–Kier alpha value is -1.55. The molecule has 1 aliphatic rings. The number of rotatable bonds is 4. The summed E-state index contributed by atoms with van der Waals surface area (Å²) in [5, 5.41) is 9.08. The Morgan fingerprint density at radius 2 is 1.94 bits per heavy atom. The van der Waals surface area contributed by atoms with Gasteiger partial charge in [0.15, 0.2) is 0 Å². The highest BCUT2D eigenvalue weighted by atomic mass is 16.4. The molecular weight excluding hydrogens is 228 g/mol. The molecular formula is C14H20N2O2. The van der Waals surface area contributed by atoms with Crippen molar-refractivity contribution in [2.45, 2.75) is 18.9 Å². The predicted molar refractivity (Wildman–Crippen MR) is 71.9 cm³/mol. The second kappa shape index (κ2) is 5.87. The molecule has 1 heterocycles. The zero-order valence-corrected chi connectivity index (χ0v) is 10.7. The highest BCUT2D eigenvalue weighted by Gasteiger charge is 2.24. The van der Waals surface area contributed by atoms with Crippen molar-refractivity contribution in [2.75, 3.05) is 31.6 Å². The molecule has 1 aromatic rings. The lowest BCUT2D eigenvalue weighted by Crippen LogP contribution is -2.45. The molecule has 0 aromatic heterocycles. The van der Waals surface area contributed by atoms with Gasteiger partial charge >= 0.3 is 5.97 Å². The molecule has 1 aliphatic heterocycles. The van der Waals surface area contributed by atoms with Gasteiger partial charge in [-0.05, 0) is 45.1 Å². The van der Waals surface area contributed by atoms with Gasteiger partial charge in [0.25, 0.3) is 0 Å². The van der Waals surface area contributed by atoms with Gasteiger partial charge in [-0.3, -0.25) is 4.79 Å². The van der Waals surface area contributed by atoms with Crippen LogP contribution >= 0.6 is 0 Å². The van der Waals surface area contributed by atoms with E-state index in [4.69, 9.17) is 5.11 Å². The Balaban J connectivity index is 2.12. The number of para-hydroxylation sites is 1. The van der Waals surface area contributed by atoms with Crippen LogP contribution < -0.4 is 4.90 Å². The monoisotopic (exact) mass is 248 g/mol. The molecule has 1 N–H and O–H groups in total. The number of carboxylic acid groups (broad SMARTS) is 1. The number of piperidine rings is 1. The molecule has 0 saturated carbocycles. The van der Waals surface area contributed by atoms with Gasteiger partial charge in [0.2, 0.25) is 0 Å². The lowest BCUT2D eigenvalue weighted by molar-refractivity contribution is -0.135. The second-order valence-electron chi connectivity index (χ2n) is 4.89. The predicted octanol–water partition coefficient (Wildman–Crippen LogP) is 1.67. The van der Waals surface area contributed by atoms with Gasteiger partial charge in [-0.1, -0.05) is 18.2 Å². The number of anilines is 1. The van der Waals surface area contributed by atoms with E-state index in [0.29, 0.717) is 6.04 Å². The third-order valence-electron chi connectivity index (χ3n) is 3.52. The molecule has 4 heteroatoms. The van der Waals surface area contributed by atoms with E-state index in [9.17, 15) is 4.79 Å². The average Bonchev–Trinajstić information content (AvgIpc) is 2.38. The lowest BCUT2D eigenvalue weighted by Gasteiger charge is -2.37. The number of benzene rings is 1. The summed E-state index contributed by atoms with van der Waals surface area (Å²) in [7, 11) is 2.11. The number of carbonyl (C=O) groups is 1. The number of hydrogen-bond donors (Lipinski definition) is 1. The van der Waals surface area contributed by atoms with Crippen LogP contribution in [0.15, 0.2) is 30.3 Å². The molecule has 0 atom stereocenters. The van der Waals surface area contributed by atoms with E-state index in [1.54, 1.807) is 0 Å². The standard InChI is InChI=1S/C14H20N2O2/c1-15-9-7-13(8-10-15)16(11-14(17)18)12-5-3-2-4-6-12/h2-6,13H,7-11H2,1H3,(H,17,18). The van der Waals surface area contributed by atoms with Crippen molar-refractivity contribution in [1.29, 1.82) is 0 Å². The van der Waals surface area contributed by atoms with Gasteiger partial charge in [-0.2, -0.15) is 0 Å². The van der Waals surface area contributed by atoms with Crippen molar-refractivity contribution < 1.29 is 9.90 Å². The highest BCUT2D eigenvalue weighted by Crippen LogP contribution is 2.22. The third kappa shape index (κ3) is 3.23. The summed E-state index contributed by atoms with van der Waals surface area (Å²) in [6, 6.07) is 10.2. The number of aliphatic carboxylic acids is 1. The molecule has 0 amide bonds. The molecule has 0 spiro atoms. The first-order valence-corrected chi connectivity index (χ1v) is 6.39. The molecule has 0 unspecified atom stereocenters. The maximum absolute atomic E-state index is 11.0. The van der Waals surface area contributed by atoms with Crippen molar-refractivity contribution >= 4 is 11.7 Å². The molecule has 1 fully saturated rings. The summed E-state index contributed by atoms with van der Waals surface area (Å²) >= 11 is 0. The normalized spacial score (nSPS) is 17.6. The maximum atomic E-state index is 11.0. The number of nitrogens with zero attached hydrogens (tertiary/aromatic N) is 2. The van der Waals surface area contributed by atoms with Crippen LogP contribution in [-0.2, 0) is 4.79 Å². The van der Waals surface area contributed by atoms with Crippen molar-refractivity contribution in [3.63, 3.8) is 0 Å². The van der Waals surface area contributed by atoms with Crippen LogP contribution in [0.1, 0.15) is 12.8 Å².